The lowest BCUT2D eigenvalue weighted by Gasteiger charge is -2.27. The number of hydrogen-bond acceptors (Lipinski definition) is 6. The van der Waals surface area contributed by atoms with E-state index in [-0.39, 0.29) is 38.3 Å². The van der Waals surface area contributed by atoms with Crippen LogP contribution in [0.15, 0.2) is 22.8 Å². The van der Waals surface area contributed by atoms with Gasteiger partial charge in [-0.2, -0.15) is 0 Å². The minimum absolute atomic E-state index is 0.0897. The first kappa shape index (κ1) is 19.1. The Morgan fingerprint density at radius 3 is 1.35 bits per heavy atom. The van der Waals surface area contributed by atoms with Gasteiger partial charge in [0.25, 0.3) is 0 Å². The smallest absolute Gasteiger partial charge is 0.306 e. The molecule has 0 aliphatic heterocycles. The molecule has 132 valence electrons. The van der Waals surface area contributed by atoms with E-state index in [4.69, 9.17) is 18.1 Å². The van der Waals surface area contributed by atoms with Gasteiger partial charge in [0.15, 0.2) is 0 Å². The van der Waals surface area contributed by atoms with E-state index in [0.717, 1.165) is 6.42 Å². The van der Waals surface area contributed by atoms with Crippen molar-refractivity contribution in [1.29, 1.82) is 0 Å². The third-order valence-electron chi connectivity index (χ3n) is 3.83. The van der Waals surface area contributed by atoms with E-state index in [9.17, 15) is 9.13 Å². The van der Waals surface area contributed by atoms with Crippen molar-refractivity contribution < 1.29 is 27.2 Å². The highest BCUT2D eigenvalue weighted by molar-refractivity contribution is 7.63. The van der Waals surface area contributed by atoms with Gasteiger partial charge in [0.05, 0.1) is 37.1 Å². The molecule has 0 saturated heterocycles. The summed E-state index contributed by atoms with van der Waals surface area (Å²) in [6.45, 7) is 8.06. The quantitative estimate of drug-likeness (QED) is 0.404. The molecule has 0 fully saturated rings. The summed E-state index contributed by atoms with van der Waals surface area (Å²) in [5.41, 5.74) is 0. The molecule has 23 heavy (non-hydrogen) atoms. The fourth-order valence-electron chi connectivity index (χ4n) is 3.20. The Morgan fingerprint density at radius 1 is 0.783 bits per heavy atom. The van der Waals surface area contributed by atoms with Crippen molar-refractivity contribution in [3.8, 4) is 0 Å². The fourth-order valence-corrected chi connectivity index (χ4v) is 8.09. The van der Waals surface area contributed by atoms with Crippen LogP contribution in [0.5, 0.6) is 0 Å². The van der Waals surface area contributed by atoms with Crippen molar-refractivity contribution in [2.75, 3.05) is 26.4 Å². The summed E-state index contributed by atoms with van der Waals surface area (Å²) in [4.78, 5) is 0. The summed E-state index contributed by atoms with van der Waals surface area (Å²) >= 11 is 0. The van der Waals surface area contributed by atoms with Gasteiger partial charge in [0.2, 0.25) is 0 Å². The van der Waals surface area contributed by atoms with Crippen LogP contribution in [0.4, 0.5) is 0 Å². The third kappa shape index (κ3) is 3.58. The normalized spacial score (nSPS) is 24.0. The molecule has 6 nitrogen and oxygen atoms in total. The van der Waals surface area contributed by atoms with Crippen LogP contribution in [0, 0.1) is 11.8 Å². The largest absolute Gasteiger partial charge is 0.358 e. The zero-order chi connectivity index (χ0) is 17.1. The van der Waals surface area contributed by atoms with Crippen molar-refractivity contribution in [2.24, 2.45) is 11.8 Å². The molecular weight excluding hydrogens is 338 g/mol. The lowest BCUT2D eigenvalue weighted by Crippen LogP contribution is -2.09. The predicted molar refractivity (Wildman–Crippen MR) is 89.5 cm³/mol. The van der Waals surface area contributed by atoms with Crippen LogP contribution >= 0.6 is 15.2 Å². The Labute approximate surface area is 138 Å². The molecule has 0 saturated carbocycles. The first-order valence-electron chi connectivity index (χ1n) is 8.17. The Kier molecular flexibility index (Phi) is 6.46. The monoisotopic (exact) mass is 364 g/mol. The van der Waals surface area contributed by atoms with E-state index in [1.165, 1.54) is 0 Å². The van der Waals surface area contributed by atoms with Crippen molar-refractivity contribution in [3.63, 3.8) is 0 Å². The SMILES string of the molecule is CCOP(=O)(OCC)C1=C(P(=O)(OCC)OCC)C2C=CC1C2. The van der Waals surface area contributed by atoms with Gasteiger partial charge in [-0.3, -0.25) is 9.13 Å². The molecule has 0 aromatic rings. The Bertz CT molecular complexity index is 515. The molecule has 8 heteroatoms. The van der Waals surface area contributed by atoms with Crippen LogP contribution in [-0.4, -0.2) is 26.4 Å². The highest BCUT2D eigenvalue weighted by Gasteiger charge is 2.52. The third-order valence-corrected chi connectivity index (χ3v) is 8.73. The Hall–Kier alpha value is -0.220. The van der Waals surface area contributed by atoms with E-state index < -0.39 is 15.2 Å². The molecule has 0 aromatic carbocycles. The minimum atomic E-state index is -3.51. The van der Waals surface area contributed by atoms with Gasteiger partial charge in [0.1, 0.15) is 0 Å². The van der Waals surface area contributed by atoms with Crippen molar-refractivity contribution in [3.05, 3.63) is 22.8 Å². The van der Waals surface area contributed by atoms with Crippen molar-refractivity contribution in [1.82, 2.24) is 0 Å². The summed E-state index contributed by atoms with van der Waals surface area (Å²) < 4.78 is 48.6. The summed E-state index contributed by atoms with van der Waals surface area (Å²) in [5.74, 6) is -0.179. The maximum Gasteiger partial charge on any atom is 0.358 e. The number of hydrogen-bond donors (Lipinski definition) is 0. The average Bonchev–Trinajstić information content (AvgIpc) is 3.09. The average molecular weight is 364 g/mol. The van der Waals surface area contributed by atoms with E-state index >= 15 is 0 Å². The van der Waals surface area contributed by atoms with Crippen LogP contribution in [0.25, 0.3) is 0 Å². The van der Waals surface area contributed by atoms with Crippen molar-refractivity contribution >= 4 is 15.2 Å². The summed E-state index contributed by atoms with van der Waals surface area (Å²) in [5, 5.41) is 0.970. The molecule has 0 N–H and O–H groups in total. The van der Waals surface area contributed by atoms with Crippen LogP contribution < -0.4 is 0 Å². The van der Waals surface area contributed by atoms with Gasteiger partial charge >= 0.3 is 15.2 Å². The summed E-state index contributed by atoms with van der Waals surface area (Å²) in [6.07, 6.45) is 4.69. The second kappa shape index (κ2) is 7.77. The first-order valence-corrected chi connectivity index (χ1v) is 11.3. The standard InChI is InChI=1S/C15H26O6P2/c1-5-18-22(16,19-6-2)14-12-9-10-13(11-12)15(14)23(17,20-7-3)21-8-4/h9-10,12-13H,5-8,11H2,1-4H3. The number of allylic oxidation sites excluding steroid dienone is 4. The highest BCUT2D eigenvalue weighted by Crippen LogP contribution is 2.74. The second-order valence-corrected chi connectivity index (χ2v) is 9.26. The zero-order valence-electron chi connectivity index (χ0n) is 14.2. The maximum absolute atomic E-state index is 13.3. The fraction of sp³-hybridized carbons (Fsp3) is 0.733. The molecule has 0 aromatic heterocycles. The molecule has 0 radical (unpaired) electrons. The van der Waals surface area contributed by atoms with E-state index in [0.29, 0.717) is 10.6 Å². The molecule has 2 aliphatic carbocycles. The molecule has 0 amide bonds. The molecular formula is C15H26O6P2. The van der Waals surface area contributed by atoms with Gasteiger partial charge in [-0.25, -0.2) is 0 Å². The van der Waals surface area contributed by atoms with Crippen LogP contribution in [0.1, 0.15) is 34.1 Å². The van der Waals surface area contributed by atoms with Crippen LogP contribution in [0.3, 0.4) is 0 Å². The maximum atomic E-state index is 13.3. The molecule has 2 rings (SSSR count). The molecule has 2 unspecified atom stereocenters. The predicted octanol–water partition coefficient (Wildman–Crippen LogP) is 4.94. The van der Waals surface area contributed by atoms with E-state index in [1.807, 2.05) is 12.2 Å². The first-order chi connectivity index (χ1) is 11.0. The topological polar surface area (TPSA) is 71.1 Å². The highest BCUT2D eigenvalue weighted by atomic mass is 31.2. The molecule has 0 heterocycles. The van der Waals surface area contributed by atoms with Gasteiger partial charge in [-0.1, -0.05) is 12.2 Å². The molecule has 2 atom stereocenters. The minimum Gasteiger partial charge on any atom is -0.306 e. The van der Waals surface area contributed by atoms with Gasteiger partial charge < -0.3 is 18.1 Å². The van der Waals surface area contributed by atoms with Gasteiger partial charge in [0, 0.05) is 11.8 Å². The molecule has 2 aliphatic rings. The second-order valence-electron chi connectivity index (χ2n) is 5.27. The van der Waals surface area contributed by atoms with E-state index in [1.54, 1.807) is 27.7 Å². The summed E-state index contributed by atoms with van der Waals surface area (Å²) in [6, 6.07) is 0. The van der Waals surface area contributed by atoms with Crippen LogP contribution in [0.2, 0.25) is 0 Å². The number of fused-ring (bicyclic) bond motifs is 2. The van der Waals surface area contributed by atoms with Crippen LogP contribution in [-0.2, 0) is 27.2 Å². The Morgan fingerprint density at radius 2 is 1.09 bits per heavy atom. The lowest BCUT2D eigenvalue weighted by atomic mass is 10.2. The lowest BCUT2D eigenvalue weighted by molar-refractivity contribution is 0.219. The van der Waals surface area contributed by atoms with E-state index in [2.05, 4.69) is 0 Å². The van der Waals surface area contributed by atoms with Gasteiger partial charge in [-0.05, 0) is 34.1 Å². The summed E-state index contributed by atoms with van der Waals surface area (Å²) in [7, 11) is -7.03. The number of rotatable bonds is 10. The molecule has 0 spiro atoms. The molecule has 2 bridgehead atoms. The zero-order valence-corrected chi connectivity index (χ0v) is 16.0. The van der Waals surface area contributed by atoms with Crippen molar-refractivity contribution in [2.45, 2.75) is 34.1 Å². The van der Waals surface area contributed by atoms with Gasteiger partial charge in [-0.15, -0.1) is 0 Å². The Balaban J connectivity index is 2.56.